The molecule has 130 valence electrons. The summed E-state index contributed by atoms with van der Waals surface area (Å²) in [6.45, 7) is 10.3. The van der Waals surface area contributed by atoms with E-state index < -0.39 is 0 Å². The summed E-state index contributed by atoms with van der Waals surface area (Å²) in [5.74, 6) is 6.39. The summed E-state index contributed by atoms with van der Waals surface area (Å²) >= 11 is 0. The Morgan fingerprint density at radius 2 is 1.74 bits per heavy atom. The molecule has 5 aliphatic rings. The maximum atomic E-state index is 2.74. The van der Waals surface area contributed by atoms with Crippen molar-refractivity contribution in [2.24, 2.45) is 51.8 Å². The zero-order chi connectivity index (χ0) is 16.0. The van der Waals surface area contributed by atoms with Crippen molar-refractivity contribution in [3.8, 4) is 0 Å². The second kappa shape index (κ2) is 4.59. The van der Waals surface area contributed by atoms with E-state index in [1.165, 1.54) is 6.42 Å². The van der Waals surface area contributed by atoms with Gasteiger partial charge in [0.2, 0.25) is 0 Å². The fourth-order valence-corrected chi connectivity index (χ4v) is 10.2. The Kier molecular flexibility index (Phi) is 3.04. The predicted octanol–water partition coefficient (Wildman–Crippen LogP) is 6.69. The van der Waals surface area contributed by atoms with Crippen molar-refractivity contribution in [1.82, 2.24) is 0 Å². The summed E-state index contributed by atoms with van der Waals surface area (Å²) in [5.41, 5.74) is 2.37. The summed E-state index contributed by atoms with van der Waals surface area (Å²) in [5, 5.41) is 0. The molecule has 0 nitrogen and oxygen atoms in total. The normalized spacial score (nSPS) is 60.1. The molecule has 8 atom stereocenters. The molecule has 23 heavy (non-hydrogen) atoms. The second-order valence-corrected chi connectivity index (χ2v) is 10.9. The highest BCUT2D eigenvalue weighted by atomic mass is 14.9. The van der Waals surface area contributed by atoms with Crippen molar-refractivity contribution < 1.29 is 0 Å². The molecule has 0 N–H and O–H groups in total. The summed E-state index contributed by atoms with van der Waals surface area (Å²) < 4.78 is 0. The number of rotatable bonds is 2. The van der Waals surface area contributed by atoms with Crippen LogP contribution in [0.25, 0.3) is 0 Å². The van der Waals surface area contributed by atoms with Crippen LogP contribution in [0.4, 0.5) is 0 Å². The fourth-order valence-electron chi connectivity index (χ4n) is 10.2. The van der Waals surface area contributed by atoms with Crippen molar-refractivity contribution in [2.75, 3.05) is 0 Å². The van der Waals surface area contributed by atoms with Crippen LogP contribution in [-0.2, 0) is 0 Å². The van der Waals surface area contributed by atoms with E-state index in [4.69, 9.17) is 0 Å². The van der Waals surface area contributed by atoms with Gasteiger partial charge in [-0.05, 0) is 96.7 Å². The Morgan fingerprint density at radius 1 is 0.913 bits per heavy atom. The van der Waals surface area contributed by atoms with Gasteiger partial charge < -0.3 is 0 Å². The van der Waals surface area contributed by atoms with E-state index in [1.807, 2.05) is 0 Å². The summed E-state index contributed by atoms with van der Waals surface area (Å²) in [6, 6.07) is 0. The van der Waals surface area contributed by atoms with Crippen LogP contribution in [0.2, 0.25) is 0 Å². The Balaban J connectivity index is 1.57. The Bertz CT molecular complexity index is 506. The molecule has 0 aromatic carbocycles. The van der Waals surface area contributed by atoms with E-state index in [0.29, 0.717) is 5.41 Å². The van der Waals surface area contributed by atoms with Crippen molar-refractivity contribution in [2.45, 2.75) is 91.9 Å². The van der Waals surface area contributed by atoms with Crippen molar-refractivity contribution >= 4 is 0 Å². The molecular formula is C23H38. The molecular weight excluding hydrogens is 276 g/mol. The lowest BCUT2D eigenvalue weighted by Crippen LogP contribution is -2.40. The van der Waals surface area contributed by atoms with Gasteiger partial charge in [-0.2, -0.15) is 0 Å². The molecule has 0 aliphatic heterocycles. The highest BCUT2D eigenvalue weighted by Gasteiger charge is 2.86. The molecule has 2 spiro atoms. The zero-order valence-corrected chi connectivity index (χ0v) is 16.0. The molecule has 0 heterocycles. The third-order valence-corrected chi connectivity index (χ3v) is 10.5. The largest absolute Gasteiger partial charge is 0.0651 e. The Morgan fingerprint density at radius 3 is 2.48 bits per heavy atom. The smallest absolute Gasteiger partial charge is 0.0165 e. The number of hydrogen-bond acceptors (Lipinski definition) is 0. The minimum atomic E-state index is 0.693. The van der Waals surface area contributed by atoms with Gasteiger partial charge in [-0.25, -0.2) is 0 Å². The molecule has 0 aromatic rings. The van der Waals surface area contributed by atoms with Crippen molar-refractivity contribution in [3.63, 3.8) is 0 Å². The first-order valence-electron chi connectivity index (χ1n) is 11.0. The molecule has 5 saturated carbocycles. The van der Waals surface area contributed by atoms with Crippen LogP contribution in [0.1, 0.15) is 91.9 Å². The fraction of sp³-hybridized carbons (Fsp3) is 1.00. The summed E-state index contributed by atoms with van der Waals surface area (Å²) in [6.07, 6.45) is 15.7. The van der Waals surface area contributed by atoms with Crippen LogP contribution in [0.15, 0.2) is 0 Å². The van der Waals surface area contributed by atoms with Crippen LogP contribution >= 0.6 is 0 Å². The standard InChI is InChI=1S/C23H38/c1-5-16-14-23-19-10-9-17(15(2)3)21(19,4)13-11-20(23)22(23)12-7-6-8-18(16)22/h15-20H,5-14H2,1-4H3/t16-,17?,18?,19?,20+,21?,22?,23?/m0/s1. The predicted molar refractivity (Wildman–Crippen MR) is 97.1 cm³/mol. The third kappa shape index (κ3) is 1.48. The minimum absolute atomic E-state index is 0.693. The first-order valence-corrected chi connectivity index (χ1v) is 11.0. The lowest BCUT2D eigenvalue weighted by atomic mass is 9.58. The van der Waals surface area contributed by atoms with E-state index in [-0.39, 0.29) is 0 Å². The van der Waals surface area contributed by atoms with E-state index in [0.717, 1.165) is 46.3 Å². The van der Waals surface area contributed by atoms with Gasteiger partial charge in [-0.3, -0.25) is 0 Å². The Hall–Kier alpha value is 0. The Labute approximate surface area is 144 Å². The summed E-state index contributed by atoms with van der Waals surface area (Å²) in [7, 11) is 0. The molecule has 0 amide bonds. The third-order valence-electron chi connectivity index (χ3n) is 10.5. The van der Waals surface area contributed by atoms with Crippen molar-refractivity contribution in [1.29, 1.82) is 0 Å². The van der Waals surface area contributed by atoms with Gasteiger partial charge in [0.25, 0.3) is 0 Å². The first-order chi connectivity index (χ1) is 11.0. The van der Waals surface area contributed by atoms with E-state index >= 15 is 0 Å². The molecule has 0 bridgehead atoms. The topological polar surface area (TPSA) is 0 Å². The van der Waals surface area contributed by atoms with Gasteiger partial charge in [0, 0.05) is 0 Å². The van der Waals surface area contributed by atoms with Gasteiger partial charge in [-0.15, -0.1) is 0 Å². The van der Waals surface area contributed by atoms with E-state index in [2.05, 4.69) is 27.7 Å². The van der Waals surface area contributed by atoms with Gasteiger partial charge >= 0.3 is 0 Å². The van der Waals surface area contributed by atoms with E-state index in [1.54, 1.807) is 57.8 Å². The molecule has 0 radical (unpaired) electrons. The highest BCUT2D eigenvalue weighted by Crippen LogP contribution is 2.92. The molecule has 0 saturated heterocycles. The average Bonchev–Trinajstić information content (AvgIpc) is 2.83. The highest BCUT2D eigenvalue weighted by molar-refractivity contribution is 5.34. The lowest BCUT2D eigenvalue weighted by Gasteiger charge is -2.47. The quantitative estimate of drug-likeness (QED) is 0.532. The second-order valence-electron chi connectivity index (χ2n) is 10.9. The van der Waals surface area contributed by atoms with E-state index in [9.17, 15) is 0 Å². The van der Waals surface area contributed by atoms with Crippen LogP contribution < -0.4 is 0 Å². The van der Waals surface area contributed by atoms with Crippen LogP contribution in [0.3, 0.4) is 0 Å². The lowest BCUT2D eigenvalue weighted by molar-refractivity contribution is 0.0161. The maximum absolute atomic E-state index is 2.74. The molecule has 0 heteroatoms. The van der Waals surface area contributed by atoms with Crippen LogP contribution in [0.5, 0.6) is 0 Å². The van der Waals surface area contributed by atoms with Crippen molar-refractivity contribution in [3.05, 3.63) is 0 Å². The molecule has 6 unspecified atom stereocenters. The zero-order valence-electron chi connectivity index (χ0n) is 16.0. The molecule has 5 rings (SSSR count). The molecule has 5 aliphatic carbocycles. The van der Waals surface area contributed by atoms with Gasteiger partial charge in [0.05, 0.1) is 0 Å². The number of hydrogen-bond donors (Lipinski definition) is 0. The SMILES string of the molecule is CC[C@H]1CC23C4CCC(C(C)C)C4(C)CC[C@@H]2C32CCCCC12. The molecule has 5 fully saturated rings. The van der Waals surface area contributed by atoms with Crippen LogP contribution in [0, 0.1) is 51.8 Å². The molecule has 0 aromatic heterocycles. The van der Waals surface area contributed by atoms with Gasteiger partial charge in [-0.1, -0.05) is 47.0 Å². The number of fused-ring (bicyclic) bond motifs is 1. The summed E-state index contributed by atoms with van der Waals surface area (Å²) in [4.78, 5) is 0. The maximum Gasteiger partial charge on any atom is -0.0165 e. The minimum Gasteiger partial charge on any atom is -0.0651 e. The monoisotopic (exact) mass is 314 g/mol. The van der Waals surface area contributed by atoms with Crippen LogP contribution in [-0.4, -0.2) is 0 Å². The first kappa shape index (κ1) is 15.3. The van der Waals surface area contributed by atoms with Gasteiger partial charge in [0.1, 0.15) is 0 Å². The average molecular weight is 315 g/mol. The van der Waals surface area contributed by atoms with Gasteiger partial charge in [0.15, 0.2) is 0 Å².